The van der Waals surface area contributed by atoms with E-state index in [0.29, 0.717) is 24.7 Å². The highest BCUT2D eigenvalue weighted by Crippen LogP contribution is 2.10. The van der Waals surface area contributed by atoms with Crippen LogP contribution in [0.1, 0.15) is 33.6 Å². The van der Waals surface area contributed by atoms with Crippen LogP contribution in [0.3, 0.4) is 0 Å². The second-order valence-electron chi connectivity index (χ2n) is 3.34. The number of carbonyl (C=O) groups is 1. The lowest BCUT2D eigenvalue weighted by molar-refractivity contribution is -0.122. The van der Waals surface area contributed by atoms with Crippen molar-refractivity contribution in [2.75, 3.05) is 6.54 Å². The molecule has 1 atom stereocenters. The average Bonchev–Trinajstić information content (AvgIpc) is 1.99. The second-order valence-corrected chi connectivity index (χ2v) is 3.34. The van der Waals surface area contributed by atoms with Crippen molar-refractivity contribution in [1.82, 2.24) is 0 Å². The van der Waals surface area contributed by atoms with Gasteiger partial charge in [0, 0.05) is 12.3 Å². The van der Waals surface area contributed by atoms with Gasteiger partial charge in [-0.1, -0.05) is 27.2 Å². The van der Waals surface area contributed by atoms with Gasteiger partial charge in [0.1, 0.15) is 5.78 Å². The SMILES string of the molecule is CCC(CN)CC(=O)C(C)C. The molecule has 0 aliphatic carbocycles. The quantitative estimate of drug-likeness (QED) is 0.658. The molecule has 2 N–H and O–H groups in total. The summed E-state index contributed by atoms with van der Waals surface area (Å²) in [6.07, 6.45) is 1.67. The number of Topliss-reactive ketones (excluding diaryl/α,β-unsaturated/α-hetero) is 1. The maximum absolute atomic E-state index is 11.2. The minimum Gasteiger partial charge on any atom is -0.330 e. The molecule has 0 rings (SSSR count). The van der Waals surface area contributed by atoms with Crippen LogP contribution in [-0.4, -0.2) is 12.3 Å². The fraction of sp³-hybridized carbons (Fsp3) is 0.889. The third-order valence-electron chi connectivity index (χ3n) is 2.04. The Bertz CT molecular complexity index is 117. The van der Waals surface area contributed by atoms with E-state index < -0.39 is 0 Å². The largest absolute Gasteiger partial charge is 0.330 e. The maximum atomic E-state index is 11.2. The van der Waals surface area contributed by atoms with Crippen LogP contribution in [0.4, 0.5) is 0 Å². The number of ketones is 1. The van der Waals surface area contributed by atoms with E-state index >= 15 is 0 Å². The normalized spacial score (nSPS) is 13.5. The molecule has 0 heterocycles. The Labute approximate surface area is 69.2 Å². The van der Waals surface area contributed by atoms with Crippen molar-refractivity contribution >= 4 is 5.78 Å². The van der Waals surface area contributed by atoms with Crippen LogP contribution < -0.4 is 5.73 Å². The second kappa shape index (κ2) is 5.30. The summed E-state index contributed by atoms with van der Waals surface area (Å²) in [7, 11) is 0. The topological polar surface area (TPSA) is 43.1 Å². The van der Waals surface area contributed by atoms with Gasteiger partial charge in [0.25, 0.3) is 0 Å². The lowest BCUT2D eigenvalue weighted by Crippen LogP contribution is -2.19. The Morgan fingerprint density at radius 3 is 2.27 bits per heavy atom. The highest BCUT2D eigenvalue weighted by Gasteiger charge is 2.12. The van der Waals surface area contributed by atoms with Crippen molar-refractivity contribution in [3.8, 4) is 0 Å². The Balaban J connectivity index is 3.72. The molecule has 0 radical (unpaired) electrons. The molecule has 2 heteroatoms. The zero-order valence-electron chi connectivity index (χ0n) is 7.76. The van der Waals surface area contributed by atoms with Crippen LogP contribution in [0.2, 0.25) is 0 Å². The molecular weight excluding hydrogens is 138 g/mol. The number of hydrogen-bond donors (Lipinski definition) is 1. The highest BCUT2D eigenvalue weighted by atomic mass is 16.1. The van der Waals surface area contributed by atoms with Gasteiger partial charge in [-0.05, 0) is 12.5 Å². The van der Waals surface area contributed by atoms with E-state index in [9.17, 15) is 4.79 Å². The molecule has 0 aliphatic rings. The molecule has 0 bridgehead atoms. The standard InChI is InChI=1S/C9H19NO/c1-4-8(6-10)5-9(11)7(2)3/h7-8H,4-6,10H2,1-3H3. The van der Waals surface area contributed by atoms with Crippen LogP contribution >= 0.6 is 0 Å². The molecular formula is C9H19NO. The molecule has 0 aromatic carbocycles. The van der Waals surface area contributed by atoms with Gasteiger partial charge >= 0.3 is 0 Å². The van der Waals surface area contributed by atoms with Gasteiger partial charge in [0.05, 0.1) is 0 Å². The lowest BCUT2D eigenvalue weighted by Gasteiger charge is -2.11. The highest BCUT2D eigenvalue weighted by molar-refractivity contribution is 5.80. The van der Waals surface area contributed by atoms with Crippen molar-refractivity contribution in [2.24, 2.45) is 17.6 Å². The maximum Gasteiger partial charge on any atom is 0.135 e. The van der Waals surface area contributed by atoms with Crippen molar-refractivity contribution in [3.05, 3.63) is 0 Å². The molecule has 0 aromatic heterocycles. The predicted octanol–water partition coefficient (Wildman–Crippen LogP) is 1.59. The summed E-state index contributed by atoms with van der Waals surface area (Å²) in [6, 6.07) is 0. The predicted molar refractivity (Wildman–Crippen MR) is 47.3 cm³/mol. The van der Waals surface area contributed by atoms with Gasteiger partial charge in [-0.3, -0.25) is 4.79 Å². The van der Waals surface area contributed by atoms with Gasteiger partial charge in [-0.2, -0.15) is 0 Å². The van der Waals surface area contributed by atoms with Crippen LogP contribution in [0.25, 0.3) is 0 Å². The Hall–Kier alpha value is -0.370. The van der Waals surface area contributed by atoms with E-state index in [2.05, 4.69) is 6.92 Å². The van der Waals surface area contributed by atoms with Crippen LogP contribution in [-0.2, 0) is 4.79 Å². The molecule has 0 spiro atoms. The van der Waals surface area contributed by atoms with Crippen LogP contribution in [0, 0.1) is 11.8 Å². The zero-order valence-corrected chi connectivity index (χ0v) is 7.76. The van der Waals surface area contributed by atoms with Crippen molar-refractivity contribution in [3.63, 3.8) is 0 Å². The fourth-order valence-electron chi connectivity index (χ4n) is 0.915. The van der Waals surface area contributed by atoms with Crippen molar-refractivity contribution < 1.29 is 4.79 Å². The van der Waals surface area contributed by atoms with E-state index in [4.69, 9.17) is 5.73 Å². The van der Waals surface area contributed by atoms with E-state index in [1.807, 2.05) is 13.8 Å². The summed E-state index contributed by atoms with van der Waals surface area (Å²) in [5.41, 5.74) is 5.48. The van der Waals surface area contributed by atoms with Gasteiger partial charge in [-0.25, -0.2) is 0 Å². The van der Waals surface area contributed by atoms with E-state index in [1.165, 1.54) is 0 Å². The number of rotatable bonds is 5. The number of carbonyl (C=O) groups excluding carboxylic acids is 1. The van der Waals surface area contributed by atoms with Gasteiger partial charge in [0.2, 0.25) is 0 Å². The molecule has 1 unspecified atom stereocenters. The third-order valence-corrected chi connectivity index (χ3v) is 2.04. The first kappa shape index (κ1) is 10.6. The molecule has 0 aliphatic heterocycles. The Kier molecular flexibility index (Phi) is 5.12. The first-order valence-corrected chi connectivity index (χ1v) is 4.34. The summed E-state index contributed by atoms with van der Waals surface area (Å²) < 4.78 is 0. The minimum absolute atomic E-state index is 0.163. The summed E-state index contributed by atoms with van der Waals surface area (Å²) in [6.45, 7) is 6.58. The molecule has 2 nitrogen and oxygen atoms in total. The summed E-state index contributed by atoms with van der Waals surface area (Å²) in [5.74, 6) is 0.891. The first-order chi connectivity index (χ1) is 5.11. The van der Waals surface area contributed by atoms with Crippen molar-refractivity contribution in [2.45, 2.75) is 33.6 Å². The van der Waals surface area contributed by atoms with Crippen molar-refractivity contribution in [1.29, 1.82) is 0 Å². The molecule has 0 aromatic rings. The molecule has 66 valence electrons. The van der Waals surface area contributed by atoms with E-state index in [0.717, 1.165) is 6.42 Å². The molecule has 0 amide bonds. The molecule has 0 fully saturated rings. The molecule has 0 saturated heterocycles. The molecule has 11 heavy (non-hydrogen) atoms. The van der Waals surface area contributed by atoms with Gasteiger partial charge in [-0.15, -0.1) is 0 Å². The summed E-state index contributed by atoms with van der Waals surface area (Å²) in [4.78, 5) is 11.2. The van der Waals surface area contributed by atoms with E-state index in [-0.39, 0.29) is 5.92 Å². The summed E-state index contributed by atoms with van der Waals surface area (Å²) >= 11 is 0. The summed E-state index contributed by atoms with van der Waals surface area (Å²) in [5, 5.41) is 0. The van der Waals surface area contributed by atoms with Crippen LogP contribution in [0.5, 0.6) is 0 Å². The number of hydrogen-bond acceptors (Lipinski definition) is 2. The number of nitrogens with two attached hydrogens (primary N) is 1. The zero-order chi connectivity index (χ0) is 8.85. The monoisotopic (exact) mass is 157 g/mol. The smallest absolute Gasteiger partial charge is 0.135 e. The van der Waals surface area contributed by atoms with Crippen LogP contribution in [0.15, 0.2) is 0 Å². The van der Waals surface area contributed by atoms with E-state index in [1.54, 1.807) is 0 Å². The average molecular weight is 157 g/mol. The Morgan fingerprint density at radius 2 is 2.00 bits per heavy atom. The lowest BCUT2D eigenvalue weighted by atomic mass is 9.95. The fourth-order valence-corrected chi connectivity index (χ4v) is 0.915. The Morgan fingerprint density at radius 1 is 1.45 bits per heavy atom. The first-order valence-electron chi connectivity index (χ1n) is 4.34. The van der Waals surface area contributed by atoms with Gasteiger partial charge in [0.15, 0.2) is 0 Å². The molecule has 0 saturated carbocycles. The third kappa shape index (κ3) is 4.14. The van der Waals surface area contributed by atoms with Gasteiger partial charge < -0.3 is 5.73 Å². The minimum atomic E-state index is 0.163.